The van der Waals surface area contributed by atoms with Gasteiger partial charge in [0.2, 0.25) is 0 Å². The van der Waals surface area contributed by atoms with Gasteiger partial charge in [0.25, 0.3) is 0 Å². The summed E-state index contributed by atoms with van der Waals surface area (Å²) in [6, 6.07) is 0.728. The molecule has 2 aliphatic rings. The van der Waals surface area contributed by atoms with Crippen LogP contribution in [0, 0.1) is 0 Å². The maximum absolute atomic E-state index is 5.39. The maximum Gasteiger partial charge on any atom is 0.0594 e. The van der Waals surface area contributed by atoms with Crippen molar-refractivity contribution in [3.8, 4) is 0 Å². The van der Waals surface area contributed by atoms with Crippen LogP contribution in [0.15, 0.2) is 0 Å². The van der Waals surface area contributed by atoms with Crippen molar-refractivity contribution in [3.63, 3.8) is 0 Å². The molecule has 0 amide bonds. The number of morpholine rings is 1. The minimum atomic E-state index is 0.728. The largest absolute Gasteiger partial charge is 0.379 e. The van der Waals surface area contributed by atoms with E-state index in [1.807, 2.05) is 0 Å². The quantitative estimate of drug-likeness (QED) is 0.724. The average Bonchev–Trinajstić information content (AvgIpc) is 2.38. The standard InChI is InChI=1S/C13H26N2O/c1-13(15-9-11-16-12-10-15)5-8-14-6-3-2-4-7-14/h13H,2-12H2,1H3. The van der Waals surface area contributed by atoms with E-state index in [-0.39, 0.29) is 0 Å². The average molecular weight is 226 g/mol. The molecule has 1 atom stereocenters. The van der Waals surface area contributed by atoms with Gasteiger partial charge >= 0.3 is 0 Å². The van der Waals surface area contributed by atoms with E-state index in [1.165, 1.54) is 45.3 Å². The number of piperidine rings is 1. The topological polar surface area (TPSA) is 15.7 Å². The lowest BCUT2D eigenvalue weighted by atomic mass is 10.1. The second-order valence-electron chi connectivity index (χ2n) is 5.19. The Hall–Kier alpha value is -0.120. The monoisotopic (exact) mass is 226 g/mol. The fourth-order valence-electron chi connectivity index (χ4n) is 2.75. The summed E-state index contributed by atoms with van der Waals surface area (Å²) >= 11 is 0. The summed E-state index contributed by atoms with van der Waals surface area (Å²) in [5, 5.41) is 0. The molecule has 2 heterocycles. The van der Waals surface area contributed by atoms with Gasteiger partial charge in [0.1, 0.15) is 0 Å². The molecule has 0 aromatic carbocycles. The molecule has 0 radical (unpaired) electrons. The Bertz CT molecular complexity index is 186. The third-order valence-corrected chi connectivity index (χ3v) is 3.98. The van der Waals surface area contributed by atoms with E-state index in [1.54, 1.807) is 0 Å². The summed E-state index contributed by atoms with van der Waals surface area (Å²) in [5.41, 5.74) is 0. The lowest BCUT2D eigenvalue weighted by Gasteiger charge is -2.34. The zero-order valence-corrected chi connectivity index (χ0v) is 10.7. The zero-order chi connectivity index (χ0) is 11.2. The van der Waals surface area contributed by atoms with Crippen LogP contribution >= 0.6 is 0 Å². The smallest absolute Gasteiger partial charge is 0.0594 e. The van der Waals surface area contributed by atoms with Crippen molar-refractivity contribution in [1.82, 2.24) is 9.80 Å². The van der Waals surface area contributed by atoms with Gasteiger partial charge in [0, 0.05) is 19.1 Å². The van der Waals surface area contributed by atoms with Gasteiger partial charge < -0.3 is 9.64 Å². The van der Waals surface area contributed by atoms with Gasteiger partial charge in [0.05, 0.1) is 13.2 Å². The van der Waals surface area contributed by atoms with Crippen LogP contribution < -0.4 is 0 Å². The van der Waals surface area contributed by atoms with E-state index in [0.717, 1.165) is 32.3 Å². The molecule has 0 bridgehead atoms. The van der Waals surface area contributed by atoms with Crippen LogP contribution in [0.3, 0.4) is 0 Å². The molecule has 2 aliphatic heterocycles. The molecular weight excluding hydrogens is 200 g/mol. The zero-order valence-electron chi connectivity index (χ0n) is 10.7. The number of hydrogen-bond donors (Lipinski definition) is 0. The Morgan fingerprint density at radius 2 is 1.69 bits per heavy atom. The Balaban J connectivity index is 1.63. The highest BCUT2D eigenvalue weighted by Gasteiger charge is 2.18. The van der Waals surface area contributed by atoms with Gasteiger partial charge in [-0.3, -0.25) is 4.90 Å². The first-order valence-corrected chi connectivity index (χ1v) is 6.90. The van der Waals surface area contributed by atoms with Crippen molar-refractivity contribution in [2.24, 2.45) is 0 Å². The van der Waals surface area contributed by atoms with Gasteiger partial charge in [-0.15, -0.1) is 0 Å². The first kappa shape index (κ1) is 12.3. The molecule has 1 unspecified atom stereocenters. The summed E-state index contributed by atoms with van der Waals surface area (Å²) in [4.78, 5) is 5.22. The predicted octanol–water partition coefficient (Wildman–Crippen LogP) is 1.58. The second kappa shape index (κ2) is 6.58. The van der Waals surface area contributed by atoms with E-state index in [9.17, 15) is 0 Å². The predicted molar refractivity (Wildman–Crippen MR) is 66.8 cm³/mol. The number of ether oxygens (including phenoxy) is 1. The third kappa shape index (κ3) is 3.72. The highest BCUT2D eigenvalue weighted by atomic mass is 16.5. The van der Waals surface area contributed by atoms with Gasteiger partial charge in [-0.05, 0) is 45.8 Å². The van der Waals surface area contributed by atoms with Crippen LogP contribution in [-0.4, -0.2) is 61.8 Å². The molecule has 0 spiro atoms. The van der Waals surface area contributed by atoms with Crippen molar-refractivity contribution in [2.45, 2.75) is 38.6 Å². The number of rotatable bonds is 4. The molecule has 2 fully saturated rings. The van der Waals surface area contributed by atoms with Crippen LogP contribution in [-0.2, 0) is 4.74 Å². The SMILES string of the molecule is CC(CCN1CCCCC1)N1CCOCC1. The molecule has 3 nitrogen and oxygen atoms in total. The summed E-state index contributed by atoms with van der Waals surface area (Å²) in [7, 11) is 0. The molecule has 2 saturated heterocycles. The Kier molecular flexibility index (Phi) is 5.07. The van der Waals surface area contributed by atoms with E-state index >= 15 is 0 Å². The lowest BCUT2D eigenvalue weighted by molar-refractivity contribution is 0.0163. The van der Waals surface area contributed by atoms with Crippen molar-refractivity contribution >= 4 is 0 Å². The van der Waals surface area contributed by atoms with E-state index in [0.29, 0.717) is 0 Å². The summed E-state index contributed by atoms with van der Waals surface area (Å²) in [6.45, 7) is 10.4. The minimum Gasteiger partial charge on any atom is -0.379 e. The molecule has 0 N–H and O–H groups in total. The Morgan fingerprint density at radius 3 is 2.38 bits per heavy atom. The summed E-state index contributed by atoms with van der Waals surface area (Å²) < 4.78 is 5.39. The van der Waals surface area contributed by atoms with Crippen LogP contribution in [0.4, 0.5) is 0 Å². The number of nitrogens with zero attached hydrogens (tertiary/aromatic N) is 2. The highest BCUT2D eigenvalue weighted by molar-refractivity contribution is 4.73. The van der Waals surface area contributed by atoms with Gasteiger partial charge in [-0.25, -0.2) is 0 Å². The van der Waals surface area contributed by atoms with E-state index in [2.05, 4.69) is 16.7 Å². The first-order chi connectivity index (χ1) is 7.86. The molecule has 16 heavy (non-hydrogen) atoms. The fourth-order valence-corrected chi connectivity index (χ4v) is 2.75. The van der Waals surface area contributed by atoms with Crippen molar-refractivity contribution < 1.29 is 4.74 Å². The van der Waals surface area contributed by atoms with Crippen LogP contribution in [0.1, 0.15) is 32.6 Å². The highest BCUT2D eigenvalue weighted by Crippen LogP contribution is 2.12. The summed E-state index contributed by atoms with van der Waals surface area (Å²) in [5.74, 6) is 0. The van der Waals surface area contributed by atoms with Crippen molar-refractivity contribution in [3.05, 3.63) is 0 Å². The molecule has 0 aliphatic carbocycles. The van der Waals surface area contributed by atoms with Crippen molar-refractivity contribution in [2.75, 3.05) is 45.9 Å². The normalized spacial score (nSPS) is 26.8. The molecule has 0 aromatic heterocycles. The van der Waals surface area contributed by atoms with Gasteiger partial charge in [-0.2, -0.15) is 0 Å². The van der Waals surface area contributed by atoms with Crippen LogP contribution in [0.25, 0.3) is 0 Å². The molecule has 2 rings (SSSR count). The first-order valence-electron chi connectivity index (χ1n) is 6.90. The second-order valence-corrected chi connectivity index (χ2v) is 5.19. The number of likely N-dealkylation sites (tertiary alicyclic amines) is 1. The van der Waals surface area contributed by atoms with Crippen LogP contribution in [0.2, 0.25) is 0 Å². The lowest BCUT2D eigenvalue weighted by Crippen LogP contribution is -2.43. The molecule has 3 heteroatoms. The Morgan fingerprint density at radius 1 is 1.00 bits per heavy atom. The van der Waals surface area contributed by atoms with Crippen LogP contribution in [0.5, 0.6) is 0 Å². The van der Waals surface area contributed by atoms with Gasteiger partial charge in [-0.1, -0.05) is 6.42 Å². The van der Waals surface area contributed by atoms with Crippen molar-refractivity contribution in [1.29, 1.82) is 0 Å². The van der Waals surface area contributed by atoms with E-state index < -0.39 is 0 Å². The molecule has 0 saturated carbocycles. The minimum absolute atomic E-state index is 0.728. The number of hydrogen-bond acceptors (Lipinski definition) is 3. The fraction of sp³-hybridized carbons (Fsp3) is 1.00. The molecular formula is C13H26N2O. The molecule has 94 valence electrons. The van der Waals surface area contributed by atoms with Gasteiger partial charge in [0.15, 0.2) is 0 Å². The Labute approximate surface area is 99.7 Å². The maximum atomic E-state index is 5.39. The third-order valence-electron chi connectivity index (χ3n) is 3.98. The van der Waals surface area contributed by atoms with E-state index in [4.69, 9.17) is 4.74 Å². The molecule has 0 aromatic rings. The summed E-state index contributed by atoms with van der Waals surface area (Å²) in [6.07, 6.45) is 5.58.